The minimum atomic E-state index is -0.403. The van der Waals surface area contributed by atoms with Crippen LogP contribution in [0.3, 0.4) is 0 Å². The molecule has 0 N–H and O–H groups in total. The number of methoxy groups -OCH3 is 1. The fourth-order valence-electron chi connectivity index (χ4n) is 5.74. The minimum absolute atomic E-state index is 0.0540. The topological polar surface area (TPSA) is 65.1 Å². The first-order chi connectivity index (χ1) is 17.4. The van der Waals surface area contributed by atoms with E-state index in [1.807, 2.05) is 61.5 Å². The summed E-state index contributed by atoms with van der Waals surface area (Å²) in [6.45, 7) is 2.11. The number of benzene rings is 3. The standard InChI is InChI=1S/C30H33NO5/c1-19(21-9-10-23-16-25(34-3)13-11-22(23)15-21)29(32)35-18-26-27-14-12-24(31(27)2)17-28(26)36-30(33)20-7-5-4-6-8-20/h4-11,13,15-16,19,24,26-28H,12,14,17-18H2,1-3H3/t19?,24-,26+,27+,28-/m0/s1. The lowest BCUT2D eigenvalue weighted by Gasteiger charge is -2.42. The number of piperidine rings is 1. The summed E-state index contributed by atoms with van der Waals surface area (Å²) in [6.07, 6.45) is 2.58. The molecule has 0 saturated carbocycles. The highest BCUT2D eigenvalue weighted by Crippen LogP contribution is 2.40. The van der Waals surface area contributed by atoms with Gasteiger partial charge in [-0.15, -0.1) is 0 Å². The van der Waals surface area contributed by atoms with Gasteiger partial charge in [0.2, 0.25) is 0 Å². The number of carbonyl (C=O) groups is 2. The van der Waals surface area contributed by atoms with Crippen molar-refractivity contribution in [2.45, 2.75) is 50.3 Å². The van der Waals surface area contributed by atoms with Gasteiger partial charge >= 0.3 is 11.9 Å². The molecule has 2 fully saturated rings. The Labute approximate surface area is 212 Å². The molecule has 1 unspecified atom stereocenters. The molecule has 2 heterocycles. The molecule has 3 aromatic carbocycles. The number of rotatable bonds is 7. The lowest BCUT2D eigenvalue weighted by Crippen LogP contribution is -2.52. The van der Waals surface area contributed by atoms with Crippen LogP contribution in [0.4, 0.5) is 0 Å². The third kappa shape index (κ3) is 4.82. The lowest BCUT2D eigenvalue weighted by molar-refractivity contribution is -0.150. The summed E-state index contributed by atoms with van der Waals surface area (Å²) in [6, 6.07) is 21.6. The van der Waals surface area contributed by atoms with Crippen molar-refractivity contribution in [1.82, 2.24) is 4.90 Å². The largest absolute Gasteiger partial charge is 0.497 e. The van der Waals surface area contributed by atoms with Crippen LogP contribution in [0.15, 0.2) is 66.7 Å². The van der Waals surface area contributed by atoms with Crippen LogP contribution in [0.25, 0.3) is 10.8 Å². The summed E-state index contributed by atoms with van der Waals surface area (Å²) in [7, 11) is 3.77. The summed E-state index contributed by atoms with van der Waals surface area (Å²) in [5, 5.41) is 2.11. The van der Waals surface area contributed by atoms with Gasteiger partial charge in [-0.1, -0.05) is 42.5 Å². The van der Waals surface area contributed by atoms with Crippen molar-refractivity contribution in [3.8, 4) is 5.75 Å². The second-order valence-corrected chi connectivity index (χ2v) is 10.00. The highest BCUT2D eigenvalue weighted by atomic mass is 16.6. The molecule has 5 rings (SSSR count). The number of ether oxygens (including phenoxy) is 3. The molecule has 2 aliphatic heterocycles. The molecular weight excluding hydrogens is 454 g/mol. The van der Waals surface area contributed by atoms with Gasteiger partial charge in [0.05, 0.1) is 25.2 Å². The highest BCUT2D eigenvalue weighted by Gasteiger charge is 2.47. The lowest BCUT2D eigenvalue weighted by atomic mass is 9.88. The van der Waals surface area contributed by atoms with Crippen LogP contribution in [0, 0.1) is 5.92 Å². The number of carbonyl (C=O) groups excluding carboxylic acids is 2. The van der Waals surface area contributed by atoms with Crippen LogP contribution in [0.2, 0.25) is 0 Å². The normalized spacial score (nSPS) is 24.3. The van der Waals surface area contributed by atoms with Crippen molar-refractivity contribution in [1.29, 1.82) is 0 Å². The fourth-order valence-corrected chi connectivity index (χ4v) is 5.74. The molecule has 0 aromatic heterocycles. The maximum absolute atomic E-state index is 13.1. The zero-order chi connectivity index (χ0) is 25.2. The van der Waals surface area contributed by atoms with Crippen LogP contribution in [0.5, 0.6) is 5.75 Å². The molecule has 0 spiro atoms. The van der Waals surface area contributed by atoms with E-state index < -0.39 is 5.92 Å². The number of nitrogens with zero attached hydrogens (tertiary/aromatic N) is 1. The van der Waals surface area contributed by atoms with Gasteiger partial charge in [0.1, 0.15) is 11.9 Å². The molecule has 2 saturated heterocycles. The molecule has 36 heavy (non-hydrogen) atoms. The fraction of sp³-hybridized carbons (Fsp3) is 0.400. The van der Waals surface area contributed by atoms with E-state index in [1.165, 1.54) is 0 Å². The van der Waals surface area contributed by atoms with E-state index in [0.717, 1.165) is 41.3 Å². The molecule has 3 aromatic rings. The summed E-state index contributed by atoms with van der Waals surface area (Å²) >= 11 is 0. The van der Waals surface area contributed by atoms with E-state index >= 15 is 0 Å². The van der Waals surface area contributed by atoms with Gasteiger partial charge in [-0.25, -0.2) is 4.79 Å². The van der Waals surface area contributed by atoms with Crippen molar-refractivity contribution >= 4 is 22.7 Å². The van der Waals surface area contributed by atoms with E-state index in [9.17, 15) is 9.59 Å². The van der Waals surface area contributed by atoms with Gasteiger partial charge in [0, 0.05) is 24.4 Å². The zero-order valence-corrected chi connectivity index (χ0v) is 21.1. The molecule has 188 valence electrons. The Bertz CT molecular complexity index is 1240. The summed E-state index contributed by atoms with van der Waals surface area (Å²) in [5.74, 6) is -0.237. The second-order valence-electron chi connectivity index (χ2n) is 10.00. The third-order valence-electron chi connectivity index (χ3n) is 7.98. The van der Waals surface area contributed by atoms with E-state index in [0.29, 0.717) is 11.6 Å². The summed E-state index contributed by atoms with van der Waals surface area (Å²) in [4.78, 5) is 28.3. The number of esters is 2. The highest BCUT2D eigenvalue weighted by molar-refractivity contribution is 5.89. The zero-order valence-electron chi connectivity index (χ0n) is 21.1. The quantitative estimate of drug-likeness (QED) is 0.427. The average Bonchev–Trinajstić information content (AvgIpc) is 3.16. The maximum Gasteiger partial charge on any atom is 0.338 e. The Morgan fingerprint density at radius 3 is 2.53 bits per heavy atom. The molecule has 2 bridgehead atoms. The Kier molecular flexibility index (Phi) is 6.97. The van der Waals surface area contributed by atoms with Gasteiger partial charge in [0.25, 0.3) is 0 Å². The molecular formula is C30H33NO5. The van der Waals surface area contributed by atoms with Crippen LogP contribution in [-0.2, 0) is 14.3 Å². The van der Waals surface area contributed by atoms with Gasteiger partial charge in [-0.05, 0) is 67.4 Å². The molecule has 2 aliphatic rings. The van der Waals surface area contributed by atoms with E-state index in [4.69, 9.17) is 14.2 Å². The molecule has 6 heteroatoms. The van der Waals surface area contributed by atoms with Crippen molar-refractivity contribution in [3.05, 3.63) is 77.9 Å². The van der Waals surface area contributed by atoms with Crippen LogP contribution < -0.4 is 4.74 Å². The molecule has 0 radical (unpaired) electrons. The van der Waals surface area contributed by atoms with Crippen molar-refractivity contribution in [3.63, 3.8) is 0 Å². The van der Waals surface area contributed by atoms with Crippen LogP contribution >= 0.6 is 0 Å². The Balaban J connectivity index is 1.27. The monoisotopic (exact) mass is 487 g/mol. The Hall–Kier alpha value is -3.38. The van der Waals surface area contributed by atoms with E-state index in [-0.39, 0.29) is 36.6 Å². The second kappa shape index (κ2) is 10.3. The number of fused-ring (bicyclic) bond motifs is 3. The average molecular weight is 488 g/mol. The number of hydrogen-bond acceptors (Lipinski definition) is 6. The predicted octanol–water partition coefficient (Wildman–Crippen LogP) is 5.20. The predicted molar refractivity (Wildman–Crippen MR) is 138 cm³/mol. The minimum Gasteiger partial charge on any atom is -0.497 e. The smallest absolute Gasteiger partial charge is 0.338 e. The van der Waals surface area contributed by atoms with Crippen molar-refractivity contribution in [2.75, 3.05) is 20.8 Å². The first-order valence-corrected chi connectivity index (χ1v) is 12.7. The summed E-state index contributed by atoms with van der Waals surface area (Å²) in [5.41, 5.74) is 1.45. The van der Waals surface area contributed by atoms with E-state index in [2.05, 4.69) is 11.9 Å². The van der Waals surface area contributed by atoms with Gasteiger partial charge in [-0.2, -0.15) is 0 Å². The van der Waals surface area contributed by atoms with Gasteiger partial charge in [0.15, 0.2) is 0 Å². The number of hydrogen-bond donors (Lipinski definition) is 0. The first kappa shape index (κ1) is 24.3. The van der Waals surface area contributed by atoms with Crippen LogP contribution in [0.1, 0.15) is 48.0 Å². The Morgan fingerprint density at radius 1 is 1.00 bits per heavy atom. The SMILES string of the molecule is COc1ccc2cc(C(C)C(=O)OC[C@H]3[C@@H](OC(=O)c4ccccc4)C[C@@H]4CC[C@H]3N4C)ccc2c1. The van der Waals surface area contributed by atoms with Crippen LogP contribution in [-0.4, -0.2) is 55.8 Å². The van der Waals surface area contributed by atoms with Gasteiger partial charge < -0.3 is 14.2 Å². The van der Waals surface area contributed by atoms with E-state index in [1.54, 1.807) is 19.2 Å². The molecule has 5 atom stereocenters. The first-order valence-electron chi connectivity index (χ1n) is 12.7. The van der Waals surface area contributed by atoms with Crippen molar-refractivity contribution in [2.24, 2.45) is 5.92 Å². The van der Waals surface area contributed by atoms with Crippen molar-refractivity contribution < 1.29 is 23.8 Å². The van der Waals surface area contributed by atoms with Gasteiger partial charge in [-0.3, -0.25) is 9.69 Å². The summed E-state index contributed by atoms with van der Waals surface area (Å²) < 4.78 is 17.2. The molecule has 6 nitrogen and oxygen atoms in total. The maximum atomic E-state index is 13.1. The Morgan fingerprint density at radius 2 is 1.75 bits per heavy atom. The third-order valence-corrected chi connectivity index (χ3v) is 7.98. The molecule has 0 aliphatic carbocycles. The molecule has 0 amide bonds.